The maximum Gasteiger partial charge on any atom is 0.266 e. The molecule has 0 aliphatic heterocycles. The summed E-state index contributed by atoms with van der Waals surface area (Å²) in [5, 5.41) is 12.3. The number of aryl methyl sites for hydroxylation is 1. The lowest BCUT2D eigenvalue weighted by atomic mass is 10.1. The normalized spacial score (nSPS) is 10.8. The minimum atomic E-state index is -0.512. The Bertz CT molecular complexity index is 1160. The standard InChI is InChI=1S/C27H26N2O4/c1-4-32-24-13-10-23(11-14-24)29-27(30)22(17-28)15-21-9-12-25(31-3)16-26(21)33-18-20-7-5-19(2)6-8-20/h5-16H,4,18H2,1-3H3,(H,29,30)/b22-15+. The molecule has 0 saturated carbocycles. The van der Waals surface area contributed by atoms with E-state index in [1.807, 2.05) is 44.2 Å². The van der Waals surface area contributed by atoms with Crippen LogP contribution in [0.3, 0.4) is 0 Å². The van der Waals surface area contributed by atoms with Crippen molar-refractivity contribution in [1.82, 2.24) is 0 Å². The zero-order chi connectivity index (χ0) is 23.6. The fourth-order valence-electron chi connectivity index (χ4n) is 3.03. The average Bonchev–Trinajstić information content (AvgIpc) is 2.83. The van der Waals surface area contributed by atoms with E-state index in [0.29, 0.717) is 41.7 Å². The van der Waals surface area contributed by atoms with Gasteiger partial charge < -0.3 is 19.5 Å². The molecule has 0 saturated heterocycles. The van der Waals surface area contributed by atoms with E-state index in [-0.39, 0.29) is 5.57 Å². The number of amides is 1. The van der Waals surface area contributed by atoms with Gasteiger partial charge in [0.05, 0.1) is 13.7 Å². The van der Waals surface area contributed by atoms with E-state index in [4.69, 9.17) is 14.2 Å². The highest BCUT2D eigenvalue weighted by Gasteiger charge is 2.13. The lowest BCUT2D eigenvalue weighted by Crippen LogP contribution is -2.13. The first-order chi connectivity index (χ1) is 16.0. The third-order valence-electron chi connectivity index (χ3n) is 4.82. The van der Waals surface area contributed by atoms with Crippen molar-refractivity contribution >= 4 is 17.7 Å². The Morgan fingerprint density at radius 3 is 2.33 bits per heavy atom. The first-order valence-corrected chi connectivity index (χ1v) is 10.5. The molecule has 3 aromatic carbocycles. The van der Waals surface area contributed by atoms with Crippen LogP contribution in [0.1, 0.15) is 23.6 Å². The molecule has 3 rings (SSSR count). The monoisotopic (exact) mass is 442 g/mol. The maximum absolute atomic E-state index is 12.7. The Balaban J connectivity index is 1.80. The molecule has 0 aliphatic carbocycles. The number of rotatable bonds is 9. The topological polar surface area (TPSA) is 80.6 Å². The summed E-state index contributed by atoms with van der Waals surface area (Å²) in [5.74, 6) is 1.32. The molecule has 0 bridgehead atoms. The van der Waals surface area contributed by atoms with Crippen LogP contribution >= 0.6 is 0 Å². The number of carbonyl (C=O) groups is 1. The van der Waals surface area contributed by atoms with Gasteiger partial charge in [-0.3, -0.25) is 4.79 Å². The number of nitrogens with zero attached hydrogens (tertiary/aromatic N) is 1. The summed E-state index contributed by atoms with van der Waals surface area (Å²) in [6.07, 6.45) is 1.51. The van der Waals surface area contributed by atoms with Crippen LogP contribution in [0.4, 0.5) is 5.69 Å². The van der Waals surface area contributed by atoms with Crippen LogP contribution in [0.25, 0.3) is 6.08 Å². The van der Waals surface area contributed by atoms with E-state index < -0.39 is 5.91 Å². The Hall–Kier alpha value is -4.24. The van der Waals surface area contributed by atoms with Gasteiger partial charge in [-0.25, -0.2) is 0 Å². The first-order valence-electron chi connectivity index (χ1n) is 10.5. The van der Waals surface area contributed by atoms with Gasteiger partial charge in [0, 0.05) is 17.3 Å². The van der Waals surface area contributed by atoms with Crippen LogP contribution in [0.2, 0.25) is 0 Å². The van der Waals surface area contributed by atoms with Crippen LogP contribution in [0.15, 0.2) is 72.3 Å². The smallest absolute Gasteiger partial charge is 0.266 e. The van der Waals surface area contributed by atoms with Crippen molar-refractivity contribution in [2.24, 2.45) is 0 Å². The largest absolute Gasteiger partial charge is 0.497 e. The van der Waals surface area contributed by atoms with Crippen molar-refractivity contribution < 1.29 is 19.0 Å². The van der Waals surface area contributed by atoms with Crippen LogP contribution in [-0.2, 0) is 11.4 Å². The van der Waals surface area contributed by atoms with E-state index in [1.165, 1.54) is 11.6 Å². The molecule has 0 heterocycles. The Kier molecular flexibility index (Phi) is 8.09. The second-order valence-electron chi connectivity index (χ2n) is 7.26. The van der Waals surface area contributed by atoms with Crippen LogP contribution in [-0.4, -0.2) is 19.6 Å². The van der Waals surface area contributed by atoms with Crippen LogP contribution in [0.5, 0.6) is 17.2 Å². The zero-order valence-corrected chi connectivity index (χ0v) is 18.9. The zero-order valence-electron chi connectivity index (χ0n) is 18.9. The van der Waals surface area contributed by atoms with E-state index in [1.54, 1.807) is 49.6 Å². The minimum Gasteiger partial charge on any atom is -0.497 e. The van der Waals surface area contributed by atoms with E-state index in [9.17, 15) is 10.1 Å². The molecule has 0 radical (unpaired) electrons. The molecule has 0 fully saturated rings. The highest BCUT2D eigenvalue weighted by Crippen LogP contribution is 2.28. The van der Waals surface area contributed by atoms with E-state index in [2.05, 4.69) is 5.32 Å². The molecular formula is C27H26N2O4. The molecule has 0 aliphatic rings. The number of hydrogen-bond donors (Lipinski definition) is 1. The van der Waals surface area contributed by atoms with Gasteiger partial charge in [0.2, 0.25) is 0 Å². The predicted octanol–water partition coefficient (Wildman–Crippen LogP) is 5.53. The van der Waals surface area contributed by atoms with Crippen molar-refractivity contribution in [3.8, 4) is 23.3 Å². The summed E-state index contributed by atoms with van der Waals surface area (Å²) in [4.78, 5) is 12.7. The number of methoxy groups -OCH3 is 1. The summed E-state index contributed by atoms with van der Waals surface area (Å²) in [6.45, 7) is 4.83. The molecule has 1 N–H and O–H groups in total. The highest BCUT2D eigenvalue weighted by atomic mass is 16.5. The number of anilines is 1. The number of ether oxygens (including phenoxy) is 3. The minimum absolute atomic E-state index is 0.0470. The van der Waals surface area contributed by atoms with Crippen molar-refractivity contribution in [3.05, 3.63) is 89.0 Å². The molecule has 0 aromatic heterocycles. The van der Waals surface area contributed by atoms with Crippen LogP contribution < -0.4 is 19.5 Å². The van der Waals surface area contributed by atoms with Crippen molar-refractivity contribution in [3.63, 3.8) is 0 Å². The summed E-state index contributed by atoms with van der Waals surface area (Å²) in [5.41, 5.74) is 3.29. The number of hydrogen-bond acceptors (Lipinski definition) is 5. The average molecular weight is 443 g/mol. The van der Waals surface area contributed by atoms with Gasteiger partial charge in [-0.1, -0.05) is 29.8 Å². The molecule has 0 atom stereocenters. The quantitative estimate of drug-likeness (QED) is 0.348. The fraction of sp³-hybridized carbons (Fsp3) is 0.185. The Morgan fingerprint density at radius 2 is 1.70 bits per heavy atom. The number of nitriles is 1. The molecule has 1 amide bonds. The van der Waals surface area contributed by atoms with E-state index >= 15 is 0 Å². The van der Waals surface area contributed by atoms with Gasteiger partial charge in [-0.15, -0.1) is 0 Å². The summed E-state index contributed by atoms with van der Waals surface area (Å²) in [6, 6.07) is 22.2. The van der Waals surface area contributed by atoms with Gasteiger partial charge in [-0.2, -0.15) is 5.26 Å². The Morgan fingerprint density at radius 1 is 1.00 bits per heavy atom. The first kappa shape index (κ1) is 23.4. The van der Waals surface area contributed by atoms with Crippen molar-refractivity contribution in [2.45, 2.75) is 20.5 Å². The lowest BCUT2D eigenvalue weighted by molar-refractivity contribution is -0.112. The molecule has 0 unspecified atom stereocenters. The SMILES string of the molecule is CCOc1ccc(NC(=O)/C(C#N)=C/c2ccc(OC)cc2OCc2ccc(C)cc2)cc1. The van der Waals surface area contributed by atoms with Gasteiger partial charge in [0.25, 0.3) is 5.91 Å². The van der Waals surface area contributed by atoms with Crippen molar-refractivity contribution in [1.29, 1.82) is 5.26 Å². The molecule has 168 valence electrons. The third kappa shape index (κ3) is 6.62. The Labute approximate surface area is 194 Å². The molecule has 6 nitrogen and oxygen atoms in total. The van der Waals surface area contributed by atoms with Gasteiger partial charge >= 0.3 is 0 Å². The summed E-state index contributed by atoms with van der Waals surface area (Å²) < 4.78 is 16.7. The van der Waals surface area contributed by atoms with Gasteiger partial charge in [-0.05, 0) is 61.9 Å². The molecular weight excluding hydrogens is 416 g/mol. The van der Waals surface area contributed by atoms with Gasteiger partial charge in [0.15, 0.2) is 0 Å². The predicted molar refractivity (Wildman–Crippen MR) is 128 cm³/mol. The third-order valence-corrected chi connectivity index (χ3v) is 4.82. The fourth-order valence-corrected chi connectivity index (χ4v) is 3.03. The number of carbonyl (C=O) groups excluding carboxylic acids is 1. The van der Waals surface area contributed by atoms with Crippen molar-refractivity contribution in [2.75, 3.05) is 19.0 Å². The second-order valence-corrected chi connectivity index (χ2v) is 7.26. The molecule has 6 heteroatoms. The van der Waals surface area contributed by atoms with Gasteiger partial charge in [0.1, 0.15) is 35.5 Å². The number of benzene rings is 3. The molecule has 33 heavy (non-hydrogen) atoms. The maximum atomic E-state index is 12.7. The van der Waals surface area contributed by atoms with Crippen LogP contribution in [0, 0.1) is 18.3 Å². The summed E-state index contributed by atoms with van der Waals surface area (Å²) >= 11 is 0. The highest BCUT2D eigenvalue weighted by molar-refractivity contribution is 6.09. The summed E-state index contributed by atoms with van der Waals surface area (Å²) in [7, 11) is 1.57. The molecule has 0 spiro atoms. The number of nitrogens with one attached hydrogen (secondary N) is 1. The molecule has 3 aromatic rings. The van der Waals surface area contributed by atoms with E-state index in [0.717, 1.165) is 5.56 Å². The lowest BCUT2D eigenvalue weighted by Gasteiger charge is -2.12. The second kappa shape index (κ2) is 11.4.